The van der Waals surface area contributed by atoms with Gasteiger partial charge in [0.25, 0.3) is 0 Å². The summed E-state index contributed by atoms with van der Waals surface area (Å²) in [6.45, 7) is 2.59. The predicted octanol–water partition coefficient (Wildman–Crippen LogP) is 5.42. The molecule has 0 aromatic heterocycles. The van der Waals surface area contributed by atoms with E-state index in [0.29, 0.717) is 12.2 Å². The number of ketones is 1. The van der Waals surface area contributed by atoms with Crippen LogP contribution in [0.25, 0.3) is 5.70 Å². The van der Waals surface area contributed by atoms with E-state index in [2.05, 4.69) is 5.32 Å². The van der Waals surface area contributed by atoms with Crippen LogP contribution in [-0.4, -0.2) is 12.4 Å². The Bertz CT molecular complexity index is 869. The molecule has 26 heavy (non-hydrogen) atoms. The first kappa shape index (κ1) is 17.5. The number of benzene rings is 3. The van der Waals surface area contributed by atoms with Crippen molar-refractivity contribution in [2.45, 2.75) is 6.92 Å². The Hall–Kier alpha value is -3.33. The minimum absolute atomic E-state index is 0.0390. The summed E-state index contributed by atoms with van der Waals surface area (Å²) in [6.07, 6.45) is 1.64. The van der Waals surface area contributed by atoms with Gasteiger partial charge in [0.1, 0.15) is 5.75 Å². The van der Waals surface area contributed by atoms with E-state index in [-0.39, 0.29) is 5.78 Å². The van der Waals surface area contributed by atoms with E-state index in [1.807, 2.05) is 91.9 Å². The van der Waals surface area contributed by atoms with Gasteiger partial charge in [0, 0.05) is 23.0 Å². The molecule has 1 N–H and O–H groups in total. The zero-order valence-corrected chi connectivity index (χ0v) is 14.7. The molecule has 0 atom stereocenters. The van der Waals surface area contributed by atoms with E-state index in [1.165, 1.54) is 0 Å². The van der Waals surface area contributed by atoms with E-state index in [0.717, 1.165) is 22.7 Å². The quantitative estimate of drug-likeness (QED) is 0.460. The molecular weight excluding hydrogens is 322 g/mol. The van der Waals surface area contributed by atoms with Crippen molar-refractivity contribution < 1.29 is 9.53 Å². The van der Waals surface area contributed by atoms with Gasteiger partial charge in [-0.05, 0) is 36.8 Å². The first-order chi connectivity index (χ1) is 12.8. The molecule has 0 aliphatic rings. The number of carbonyl (C=O) groups is 1. The molecule has 0 saturated carbocycles. The zero-order chi connectivity index (χ0) is 18.2. The fourth-order valence-corrected chi connectivity index (χ4v) is 2.58. The highest BCUT2D eigenvalue weighted by Gasteiger charge is 2.08. The van der Waals surface area contributed by atoms with Gasteiger partial charge in [-0.25, -0.2) is 0 Å². The molecule has 0 fully saturated rings. The molecule has 0 amide bonds. The van der Waals surface area contributed by atoms with Crippen LogP contribution in [-0.2, 0) is 0 Å². The van der Waals surface area contributed by atoms with Crippen molar-refractivity contribution in [3.63, 3.8) is 0 Å². The zero-order valence-electron chi connectivity index (χ0n) is 14.7. The lowest BCUT2D eigenvalue weighted by Gasteiger charge is -2.12. The van der Waals surface area contributed by atoms with Crippen LogP contribution in [0.3, 0.4) is 0 Å². The molecule has 0 saturated heterocycles. The fourth-order valence-electron chi connectivity index (χ4n) is 2.58. The summed E-state index contributed by atoms with van der Waals surface area (Å²) in [7, 11) is 0. The summed E-state index contributed by atoms with van der Waals surface area (Å²) in [5.41, 5.74) is 3.26. The average molecular weight is 343 g/mol. The molecule has 130 valence electrons. The fraction of sp³-hybridized carbons (Fsp3) is 0.0870. The molecule has 0 aliphatic carbocycles. The monoisotopic (exact) mass is 343 g/mol. The van der Waals surface area contributed by atoms with Crippen LogP contribution in [0.15, 0.2) is 91.0 Å². The standard InChI is InChI=1S/C23H21NO2/c1-2-26-21-15-13-20(14-16-21)24-22(18-9-5-3-6-10-18)17-23(25)19-11-7-4-8-12-19/h3-17,24H,2H2,1H3. The molecule has 0 unspecified atom stereocenters. The average Bonchev–Trinajstić information content (AvgIpc) is 2.70. The van der Waals surface area contributed by atoms with Crippen LogP contribution in [0.1, 0.15) is 22.8 Å². The third-order valence-electron chi connectivity index (χ3n) is 3.86. The highest BCUT2D eigenvalue weighted by Crippen LogP contribution is 2.22. The van der Waals surface area contributed by atoms with Gasteiger partial charge in [0.15, 0.2) is 5.78 Å². The van der Waals surface area contributed by atoms with Crippen molar-refractivity contribution in [3.8, 4) is 5.75 Å². The van der Waals surface area contributed by atoms with Gasteiger partial charge >= 0.3 is 0 Å². The molecule has 0 heterocycles. The number of hydrogen-bond donors (Lipinski definition) is 1. The summed E-state index contributed by atoms with van der Waals surface area (Å²) in [5.74, 6) is 0.784. The summed E-state index contributed by atoms with van der Waals surface area (Å²) in [6, 6.07) is 26.8. The van der Waals surface area contributed by atoms with Crippen LogP contribution in [0.4, 0.5) is 5.69 Å². The number of carbonyl (C=O) groups excluding carboxylic acids is 1. The maximum atomic E-state index is 12.6. The second-order valence-corrected chi connectivity index (χ2v) is 5.74. The molecule has 3 aromatic carbocycles. The molecule has 0 spiro atoms. The van der Waals surface area contributed by atoms with Gasteiger partial charge in [-0.1, -0.05) is 60.7 Å². The van der Waals surface area contributed by atoms with Gasteiger partial charge in [-0.2, -0.15) is 0 Å². The predicted molar refractivity (Wildman–Crippen MR) is 106 cm³/mol. The van der Waals surface area contributed by atoms with Crippen LogP contribution >= 0.6 is 0 Å². The largest absolute Gasteiger partial charge is 0.494 e. The van der Waals surface area contributed by atoms with E-state index in [4.69, 9.17) is 4.74 Å². The minimum Gasteiger partial charge on any atom is -0.494 e. The summed E-state index contributed by atoms with van der Waals surface area (Å²) in [5, 5.41) is 3.35. The highest BCUT2D eigenvalue weighted by atomic mass is 16.5. The van der Waals surface area contributed by atoms with Crippen LogP contribution < -0.4 is 10.1 Å². The number of anilines is 1. The SMILES string of the molecule is CCOc1ccc(NC(=CC(=O)c2ccccc2)c2ccccc2)cc1. The Morgan fingerprint density at radius 1 is 0.846 bits per heavy atom. The second kappa shape index (κ2) is 8.67. The van der Waals surface area contributed by atoms with Gasteiger partial charge in [0.2, 0.25) is 0 Å². The van der Waals surface area contributed by atoms with Gasteiger partial charge in [-0.15, -0.1) is 0 Å². The van der Waals surface area contributed by atoms with Gasteiger partial charge < -0.3 is 10.1 Å². The maximum absolute atomic E-state index is 12.6. The van der Waals surface area contributed by atoms with E-state index in [9.17, 15) is 4.79 Å². The Balaban J connectivity index is 1.89. The molecular formula is C23H21NO2. The van der Waals surface area contributed by atoms with Gasteiger partial charge in [-0.3, -0.25) is 4.79 Å². The maximum Gasteiger partial charge on any atom is 0.187 e. The molecule has 3 aromatic rings. The van der Waals surface area contributed by atoms with Crippen molar-refractivity contribution in [1.82, 2.24) is 0 Å². The van der Waals surface area contributed by atoms with E-state index < -0.39 is 0 Å². The Morgan fingerprint density at radius 2 is 1.42 bits per heavy atom. The third-order valence-corrected chi connectivity index (χ3v) is 3.86. The number of rotatable bonds is 7. The van der Waals surface area contributed by atoms with Crippen LogP contribution in [0, 0.1) is 0 Å². The Morgan fingerprint density at radius 3 is 2.00 bits per heavy atom. The molecule has 3 rings (SSSR count). The lowest BCUT2D eigenvalue weighted by Crippen LogP contribution is -2.03. The van der Waals surface area contributed by atoms with E-state index >= 15 is 0 Å². The normalized spacial score (nSPS) is 11.0. The third kappa shape index (κ3) is 4.61. The van der Waals surface area contributed by atoms with Crippen molar-refractivity contribution >= 4 is 17.2 Å². The van der Waals surface area contributed by atoms with Crippen molar-refractivity contribution in [3.05, 3.63) is 102 Å². The van der Waals surface area contributed by atoms with Crippen LogP contribution in [0.2, 0.25) is 0 Å². The lowest BCUT2D eigenvalue weighted by molar-refractivity contribution is 0.104. The topological polar surface area (TPSA) is 38.3 Å². The Labute approximate surface area is 154 Å². The number of nitrogens with one attached hydrogen (secondary N) is 1. The van der Waals surface area contributed by atoms with Crippen molar-refractivity contribution in [2.24, 2.45) is 0 Å². The Kier molecular flexibility index (Phi) is 5.84. The number of ether oxygens (including phenoxy) is 1. The smallest absolute Gasteiger partial charge is 0.187 e. The molecule has 3 nitrogen and oxygen atoms in total. The minimum atomic E-state index is -0.0390. The first-order valence-corrected chi connectivity index (χ1v) is 8.62. The summed E-state index contributed by atoms with van der Waals surface area (Å²) < 4.78 is 5.48. The molecule has 3 heteroatoms. The first-order valence-electron chi connectivity index (χ1n) is 8.62. The van der Waals surface area contributed by atoms with Gasteiger partial charge in [0.05, 0.1) is 6.61 Å². The van der Waals surface area contributed by atoms with Crippen molar-refractivity contribution in [1.29, 1.82) is 0 Å². The number of hydrogen-bond acceptors (Lipinski definition) is 3. The second-order valence-electron chi connectivity index (χ2n) is 5.74. The molecule has 0 aliphatic heterocycles. The molecule has 0 radical (unpaired) electrons. The summed E-state index contributed by atoms with van der Waals surface area (Å²) >= 11 is 0. The van der Waals surface area contributed by atoms with Crippen molar-refractivity contribution in [2.75, 3.05) is 11.9 Å². The van der Waals surface area contributed by atoms with E-state index in [1.54, 1.807) is 6.08 Å². The summed E-state index contributed by atoms with van der Waals surface area (Å²) in [4.78, 5) is 12.6. The lowest BCUT2D eigenvalue weighted by atomic mass is 10.1. The van der Waals surface area contributed by atoms with Crippen LogP contribution in [0.5, 0.6) is 5.75 Å². The highest BCUT2D eigenvalue weighted by molar-refractivity contribution is 6.09. The molecule has 0 bridgehead atoms. The number of allylic oxidation sites excluding steroid dienone is 1.